The first-order valence-corrected chi connectivity index (χ1v) is 9.80. The number of methoxy groups -OCH3 is 1. The second-order valence-corrected chi connectivity index (χ2v) is 7.62. The SMILES string of the molecule is COc1nc([N+](=O)[O-])c2[nH]c(=O)c3sccc3c2c1-c1ccc(C(C)CN)cc1. The van der Waals surface area contributed by atoms with Gasteiger partial charge in [0.2, 0.25) is 0 Å². The van der Waals surface area contributed by atoms with Crippen LogP contribution in [0.5, 0.6) is 5.88 Å². The van der Waals surface area contributed by atoms with Gasteiger partial charge in [0, 0.05) is 15.8 Å². The highest BCUT2D eigenvalue weighted by Crippen LogP contribution is 2.42. The van der Waals surface area contributed by atoms with E-state index >= 15 is 0 Å². The van der Waals surface area contributed by atoms with Crippen molar-refractivity contribution in [1.29, 1.82) is 0 Å². The van der Waals surface area contributed by atoms with Crippen LogP contribution in [0, 0.1) is 10.1 Å². The predicted octanol–water partition coefficient (Wildman–Crippen LogP) is 3.78. The predicted molar refractivity (Wildman–Crippen MR) is 114 cm³/mol. The zero-order chi connectivity index (χ0) is 20.7. The van der Waals surface area contributed by atoms with E-state index in [1.54, 1.807) is 11.4 Å². The molecule has 0 aliphatic rings. The molecular weight excluding hydrogens is 392 g/mol. The molecular formula is C20H18N4O4S. The molecule has 0 saturated carbocycles. The van der Waals surface area contributed by atoms with Crippen LogP contribution >= 0.6 is 11.3 Å². The molecule has 29 heavy (non-hydrogen) atoms. The number of pyridine rings is 2. The number of aromatic nitrogens is 2. The van der Waals surface area contributed by atoms with Crippen molar-refractivity contribution in [2.24, 2.45) is 5.73 Å². The van der Waals surface area contributed by atoms with Gasteiger partial charge in [-0.05, 0) is 40.0 Å². The third-order valence-electron chi connectivity index (χ3n) is 5.01. The number of thiophene rings is 1. The summed E-state index contributed by atoms with van der Waals surface area (Å²) in [5.41, 5.74) is 7.92. The van der Waals surface area contributed by atoms with E-state index in [1.807, 2.05) is 31.2 Å². The Morgan fingerprint density at radius 2 is 2.03 bits per heavy atom. The number of nitrogens with one attached hydrogen (secondary N) is 1. The van der Waals surface area contributed by atoms with E-state index in [0.29, 0.717) is 27.6 Å². The van der Waals surface area contributed by atoms with Crippen molar-refractivity contribution >= 4 is 38.1 Å². The number of aromatic amines is 1. The van der Waals surface area contributed by atoms with Gasteiger partial charge >= 0.3 is 11.7 Å². The smallest absolute Gasteiger partial charge is 0.392 e. The molecule has 8 nitrogen and oxygen atoms in total. The average molecular weight is 410 g/mol. The first kappa shape index (κ1) is 19.0. The highest BCUT2D eigenvalue weighted by atomic mass is 32.1. The fourth-order valence-corrected chi connectivity index (χ4v) is 4.25. The number of nitrogens with two attached hydrogens (primary N) is 1. The summed E-state index contributed by atoms with van der Waals surface area (Å²) in [6, 6.07) is 9.55. The van der Waals surface area contributed by atoms with Gasteiger partial charge in [-0.25, -0.2) is 0 Å². The molecule has 0 radical (unpaired) electrons. The van der Waals surface area contributed by atoms with Crippen molar-refractivity contribution in [2.45, 2.75) is 12.8 Å². The van der Waals surface area contributed by atoms with Crippen LogP contribution in [0.4, 0.5) is 5.82 Å². The maximum Gasteiger partial charge on any atom is 0.392 e. The number of H-pyrrole nitrogens is 1. The van der Waals surface area contributed by atoms with Gasteiger partial charge in [-0.3, -0.25) is 4.79 Å². The number of benzene rings is 1. The highest BCUT2D eigenvalue weighted by molar-refractivity contribution is 7.17. The number of rotatable bonds is 5. The van der Waals surface area contributed by atoms with Crippen LogP contribution in [0.3, 0.4) is 0 Å². The van der Waals surface area contributed by atoms with Gasteiger partial charge in [0.25, 0.3) is 5.56 Å². The highest BCUT2D eigenvalue weighted by Gasteiger charge is 2.28. The van der Waals surface area contributed by atoms with E-state index in [1.165, 1.54) is 18.4 Å². The van der Waals surface area contributed by atoms with Gasteiger partial charge in [0.15, 0.2) is 0 Å². The van der Waals surface area contributed by atoms with Crippen LogP contribution in [0.15, 0.2) is 40.5 Å². The molecule has 0 bridgehead atoms. The number of hydrogen-bond donors (Lipinski definition) is 2. The van der Waals surface area contributed by atoms with Crippen molar-refractivity contribution in [3.63, 3.8) is 0 Å². The van der Waals surface area contributed by atoms with Gasteiger partial charge in [0.05, 0.1) is 12.7 Å². The van der Waals surface area contributed by atoms with Crippen molar-refractivity contribution in [1.82, 2.24) is 9.97 Å². The Hall–Kier alpha value is -3.30. The fourth-order valence-electron chi connectivity index (χ4n) is 3.45. The first-order valence-electron chi connectivity index (χ1n) is 8.92. The van der Waals surface area contributed by atoms with Crippen molar-refractivity contribution in [3.05, 3.63) is 61.7 Å². The summed E-state index contributed by atoms with van der Waals surface area (Å²) in [4.78, 5) is 30.2. The lowest BCUT2D eigenvalue weighted by atomic mass is 9.95. The number of hydrogen-bond acceptors (Lipinski definition) is 7. The summed E-state index contributed by atoms with van der Waals surface area (Å²) in [6.07, 6.45) is 0. The lowest BCUT2D eigenvalue weighted by molar-refractivity contribution is -0.387. The summed E-state index contributed by atoms with van der Waals surface area (Å²) in [6.45, 7) is 2.57. The monoisotopic (exact) mass is 410 g/mol. The first-order chi connectivity index (χ1) is 14.0. The minimum atomic E-state index is -0.616. The maximum atomic E-state index is 12.4. The Kier molecular flexibility index (Phi) is 4.77. The third-order valence-corrected chi connectivity index (χ3v) is 5.93. The van der Waals surface area contributed by atoms with Gasteiger partial charge in [-0.15, -0.1) is 11.3 Å². The maximum absolute atomic E-state index is 12.4. The largest absolute Gasteiger partial charge is 0.462 e. The Morgan fingerprint density at radius 1 is 1.31 bits per heavy atom. The van der Waals surface area contributed by atoms with Crippen LogP contribution in [0.2, 0.25) is 0 Å². The van der Waals surface area contributed by atoms with E-state index < -0.39 is 10.7 Å². The lowest BCUT2D eigenvalue weighted by Gasteiger charge is -2.13. The molecule has 4 aromatic rings. The zero-order valence-electron chi connectivity index (χ0n) is 15.8. The Labute approximate surface area is 169 Å². The topological polar surface area (TPSA) is 124 Å². The normalized spacial score (nSPS) is 12.4. The van der Waals surface area contributed by atoms with Crippen LogP contribution in [-0.2, 0) is 0 Å². The molecule has 1 aromatic carbocycles. The van der Waals surface area contributed by atoms with E-state index in [4.69, 9.17) is 10.5 Å². The summed E-state index contributed by atoms with van der Waals surface area (Å²) in [5.74, 6) is -0.111. The van der Waals surface area contributed by atoms with E-state index in [9.17, 15) is 14.9 Å². The lowest BCUT2D eigenvalue weighted by Crippen LogP contribution is -2.09. The summed E-state index contributed by atoms with van der Waals surface area (Å²) in [5, 5.41) is 14.6. The van der Waals surface area contributed by atoms with Gasteiger partial charge in [-0.2, -0.15) is 0 Å². The van der Waals surface area contributed by atoms with E-state index in [2.05, 4.69) is 9.97 Å². The third kappa shape index (κ3) is 3.04. The van der Waals surface area contributed by atoms with E-state index in [-0.39, 0.29) is 22.9 Å². The van der Waals surface area contributed by atoms with Gasteiger partial charge < -0.3 is 25.6 Å². The zero-order valence-corrected chi connectivity index (χ0v) is 16.6. The average Bonchev–Trinajstić information content (AvgIpc) is 3.23. The standard InChI is InChI=1S/C20H18N4O4S/c1-10(9-21)11-3-5-12(6-4-11)14-15-13-7-8-29-17(13)19(25)22-16(15)18(24(26)27)23-20(14)28-2/h3-8,10H,9,21H2,1-2H3,(H,22,25). The molecule has 1 unspecified atom stereocenters. The Bertz CT molecular complexity index is 1290. The summed E-state index contributed by atoms with van der Waals surface area (Å²) >= 11 is 1.28. The minimum absolute atomic E-state index is 0.0844. The quantitative estimate of drug-likeness (QED) is 0.381. The van der Waals surface area contributed by atoms with Crippen molar-refractivity contribution in [3.8, 4) is 17.0 Å². The molecule has 1 atom stereocenters. The molecule has 9 heteroatoms. The molecule has 0 fully saturated rings. The molecule has 3 heterocycles. The van der Waals surface area contributed by atoms with E-state index in [0.717, 1.165) is 11.1 Å². The van der Waals surface area contributed by atoms with Crippen LogP contribution in [0.1, 0.15) is 18.4 Å². The number of nitrogens with zero attached hydrogens (tertiary/aromatic N) is 2. The number of ether oxygens (including phenoxy) is 1. The summed E-state index contributed by atoms with van der Waals surface area (Å²) in [7, 11) is 1.42. The van der Waals surface area contributed by atoms with Gasteiger partial charge in [-0.1, -0.05) is 31.2 Å². The van der Waals surface area contributed by atoms with Crippen molar-refractivity contribution < 1.29 is 9.66 Å². The van der Waals surface area contributed by atoms with Crippen LogP contribution < -0.4 is 16.0 Å². The molecule has 3 aromatic heterocycles. The summed E-state index contributed by atoms with van der Waals surface area (Å²) < 4.78 is 5.92. The molecule has 0 saturated heterocycles. The second kappa shape index (κ2) is 7.26. The molecule has 148 valence electrons. The molecule has 0 aliphatic carbocycles. The van der Waals surface area contributed by atoms with Crippen LogP contribution in [0.25, 0.3) is 32.1 Å². The van der Waals surface area contributed by atoms with Gasteiger partial charge in [0.1, 0.15) is 10.2 Å². The minimum Gasteiger partial charge on any atom is -0.462 e. The Morgan fingerprint density at radius 3 is 2.66 bits per heavy atom. The van der Waals surface area contributed by atoms with Crippen LogP contribution in [-0.4, -0.2) is 28.5 Å². The van der Waals surface area contributed by atoms with Crippen molar-refractivity contribution in [2.75, 3.05) is 13.7 Å². The molecule has 0 spiro atoms. The Balaban J connectivity index is 2.13. The molecule has 0 aliphatic heterocycles. The number of nitro groups is 1. The molecule has 0 amide bonds. The fraction of sp³-hybridized carbons (Fsp3) is 0.200. The second-order valence-electron chi connectivity index (χ2n) is 6.70. The molecule has 4 rings (SSSR count). The number of fused-ring (bicyclic) bond motifs is 3. The molecule has 3 N–H and O–H groups in total.